The maximum atomic E-state index is 13.4. The maximum absolute atomic E-state index is 13.4. The third-order valence-electron chi connectivity index (χ3n) is 5.42. The van der Waals surface area contributed by atoms with Crippen molar-refractivity contribution in [1.82, 2.24) is 9.55 Å². The minimum Gasteiger partial charge on any atom is -0.383 e. The monoisotopic (exact) mass is 423 g/mol. The van der Waals surface area contributed by atoms with Gasteiger partial charge in [0.15, 0.2) is 5.16 Å². The quantitative estimate of drug-likeness (QED) is 0.449. The Morgan fingerprint density at radius 1 is 1.23 bits per heavy atom. The molecule has 0 spiro atoms. The summed E-state index contributed by atoms with van der Waals surface area (Å²) in [4.78, 5) is 33.0. The molecule has 0 N–H and O–H groups in total. The first-order chi connectivity index (χ1) is 14.5. The molecule has 0 saturated heterocycles. The fraction of sp³-hybridized carbons (Fsp3) is 0.348. The van der Waals surface area contributed by atoms with E-state index in [0.717, 1.165) is 12.1 Å². The fourth-order valence-corrected chi connectivity index (χ4v) is 4.91. The number of carbonyl (C=O) groups excluding carboxylic acids is 1. The molecule has 1 aromatic heterocycles. The lowest BCUT2D eigenvalue weighted by molar-refractivity contribution is -0.118. The van der Waals surface area contributed by atoms with Crippen LogP contribution in [-0.4, -0.2) is 40.5 Å². The van der Waals surface area contributed by atoms with Gasteiger partial charge in [-0.3, -0.25) is 14.2 Å². The molecule has 0 aliphatic carbocycles. The number of thioether (sulfide) groups is 1. The number of hydrogen-bond donors (Lipinski definition) is 0. The number of benzene rings is 2. The summed E-state index contributed by atoms with van der Waals surface area (Å²) in [5.74, 6) is 0.0261. The standard InChI is InChI=1S/C23H25N3O3S/c1-15-14-17-8-4-7-11-20(17)26(15)21(27)16(2)30-23-24-19-10-6-5-9-18(19)22(28)25(23)12-13-29-3/h4-11,15-16H,12-14H2,1-3H3/t15-,16-/m0/s1. The fourth-order valence-electron chi connectivity index (χ4n) is 3.92. The van der Waals surface area contributed by atoms with Crippen molar-refractivity contribution in [2.45, 2.75) is 43.3 Å². The van der Waals surface area contributed by atoms with E-state index in [1.165, 1.54) is 17.3 Å². The SMILES string of the molecule is COCCn1c(S[C@@H](C)C(=O)N2c3ccccc3C[C@@H]2C)nc2ccccc2c1=O. The zero-order valence-electron chi connectivity index (χ0n) is 17.4. The van der Waals surface area contributed by atoms with E-state index in [0.29, 0.717) is 29.2 Å². The number of rotatable bonds is 6. The molecule has 3 aromatic rings. The summed E-state index contributed by atoms with van der Waals surface area (Å²) in [5.41, 5.74) is 2.69. The Hall–Kier alpha value is -2.64. The summed E-state index contributed by atoms with van der Waals surface area (Å²) in [6.07, 6.45) is 0.853. The minimum absolute atomic E-state index is 0.0261. The molecule has 0 radical (unpaired) electrons. The van der Waals surface area contributed by atoms with Gasteiger partial charge in [-0.2, -0.15) is 0 Å². The second-order valence-electron chi connectivity index (χ2n) is 7.51. The number of anilines is 1. The first-order valence-corrected chi connectivity index (χ1v) is 11.0. The van der Waals surface area contributed by atoms with E-state index in [1.807, 2.05) is 48.2 Å². The predicted octanol–water partition coefficient (Wildman–Crippen LogP) is 3.50. The summed E-state index contributed by atoms with van der Waals surface area (Å²) < 4.78 is 6.80. The highest BCUT2D eigenvalue weighted by Gasteiger charge is 2.34. The van der Waals surface area contributed by atoms with Crippen molar-refractivity contribution in [3.63, 3.8) is 0 Å². The topological polar surface area (TPSA) is 64.4 Å². The van der Waals surface area contributed by atoms with Crippen LogP contribution in [0.1, 0.15) is 19.4 Å². The first-order valence-electron chi connectivity index (χ1n) is 10.1. The van der Waals surface area contributed by atoms with Gasteiger partial charge in [0.2, 0.25) is 5.91 Å². The Bertz CT molecular complexity index is 1140. The predicted molar refractivity (Wildman–Crippen MR) is 120 cm³/mol. The van der Waals surface area contributed by atoms with Crippen LogP contribution in [-0.2, 0) is 22.5 Å². The molecule has 0 fully saturated rings. The lowest BCUT2D eigenvalue weighted by Crippen LogP contribution is -2.40. The van der Waals surface area contributed by atoms with Crippen LogP contribution in [0.25, 0.3) is 10.9 Å². The number of amides is 1. The van der Waals surface area contributed by atoms with Gasteiger partial charge in [0.05, 0.1) is 29.3 Å². The molecule has 2 atom stereocenters. The molecule has 156 valence electrons. The molecule has 30 heavy (non-hydrogen) atoms. The molecule has 0 saturated carbocycles. The van der Waals surface area contributed by atoms with E-state index in [-0.39, 0.29) is 22.8 Å². The van der Waals surface area contributed by atoms with Crippen LogP contribution in [0.15, 0.2) is 58.5 Å². The van der Waals surface area contributed by atoms with Gasteiger partial charge in [0, 0.05) is 18.8 Å². The Morgan fingerprint density at radius 3 is 2.77 bits per heavy atom. The smallest absolute Gasteiger partial charge is 0.262 e. The Morgan fingerprint density at radius 2 is 1.97 bits per heavy atom. The summed E-state index contributed by atoms with van der Waals surface area (Å²) in [5, 5.41) is 0.719. The number of aromatic nitrogens is 2. The van der Waals surface area contributed by atoms with Crippen molar-refractivity contribution in [3.8, 4) is 0 Å². The van der Waals surface area contributed by atoms with Gasteiger partial charge < -0.3 is 9.64 Å². The summed E-state index contributed by atoms with van der Waals surface area (Å²) in [7, 11) is 1.60. The number of fused-ring (bicyclic) bond motifs is 2. The molecular weight excluding hydrogens is 398 g/mol. The number of carbonyl (C=O) groups is 1. The van der Waals surface area contributed by atoms with Crippen LogP contribution < -0.4 is 10.5 Å². The minimum atomic E-state index is -0.388. The van der Waals surface area contributed by atoms with Crippen molar-refractivity contribution in [2.24, 2.45) is 0 Å². The highest BCUT2D eigenvalue weighted by Crippen LogP contribution is 2.34. The second-order valence-corrected chi connectivity index (χ2v) is 8.82. The van der Waals surface area contributed by atoms with Gasteiger partial charge >= 0.3 is 0 Å². The molecule has 4 rings (SSSR count). The van der Waals surface area contributed by atoms with E-state index in [2.05, 4.69) is 13.0 Å². The summed E-state index contributed by atoms with van der Waals surface area (Å²) in [6, 6.07) is 15.4. The number of para-hydroxylation sites is 2. The van der Waals surface area contributed by atoms with Crippen LogP contribution in [0.4, 0.5) is 5.69 Å². The van der Waals surface area contributed by atoms with Crippen molar-refractivity contribution in [2.75, 3.05) is 18.6 Å². The summed E-state index contributed by atoms with van der Waals surface area (Å²) >= 11 is 1.33. The van der Waals surface area contributed by atoms with E-state index in [1.54, 1.807) is 17.7 Å². The van der Waals surface area contributed by atoms with Crippen LogP contribution in [0, 0.1) is 0 Å². The maximum Gasteiger partial charge on any atom is 0.262 e. The van der Waals surface area contributed by atoms with Gasteiger partial charge in [0.25, 0.3) is 5.56 Å². The number of hydrogen-bond acceptors (Lipinski definition) is 5. The normalized spacial score (nSPS) is 16.6. The Balaban J connectivity index is 1.66. The molecule has 0 unspecified atom stereocenters. The molecule has 1 aliphatic heterocycles. The van der Waals surface area contributed by atoms with E-state index >= 15 is 0 Å². The van der Waals surface area contributed by atoms with Crippen molar-refractivity contribution in [3.05, 3.63) is 64.4 Å². The van der Waals surface area contributed by atoms with E-state index < -0.39 is 0 Å². The van der Waals surface area contributed by atoms with E-state index in [4.69, 9.17) is 9.72 Å². The van der Waals surface area contributed by atoms with Crippen LogP contribution in [0.5, 0.6) is 0 Å². The molecule has 1 aliphatic rings. The highest BCUT2D eigenvalue weighted by molar-refractivity contribution is 8.00. The largest absolute Gasteiger partial charge is 0.383 e. The third kappa shape index (κ3) is 3.75. The average Bonchev–Trinajstić information content (AvgIpc) is 3.08. The molecule has 1 amide bonds. The number of methoxy groups -OCH3 is 1. The molecular formula is C23H25N3O3S. The van der Waals surface area contributed by atoms with Crippen LogP contribution in [0.2, 0.25) is 0 Å². The van der Waals surface area contributed by atoms with Crippen molar-refractivity contribution < 1.29 is 9.53 Å². The number of nitrogens with zero attached hydrogens (tertiary/aromatic N) is 3. The summed E-state index contributed by atoms with van der Waals surface area (Å²) in [6.45, 7) is 4.73. The van der Waals surface area contributed by atoms with Gasteiger partial charge in [-0.25, -0.2) is 4.98 Å². The third-order valence-corrected chi connectivity index (χ3v) is 6.50. The zero-order chi connectivity index (χ0) is 21.3. The lowest BCUT2D eigenvalue weighted by Gasteiger charge is -2.26. The van der Waals surface area contributed by atoms with Gasteiger partial charge in [0.1, 0.15) is 0 Å². The van der Waals surface area contributed by atoms with E-state index in [9.17, 15) is 9.59 Å². The van der Waals surface area contributed by atoms with Crippen molar-refractivity contribution >= 4 is 34.3 Å². The Kier molecular flexibility index (Phi) is 5.92. The first kappa shape index (κ1) is 20.6. The highest BCUT2D eigenvalue weighted by atomic mass is 32.2. The van der Waals surface area contributed by atoms with Gasteiger partial charge in [-0.1, -0.05) is 42.1 Å². The second kappa shape index (κ2) is 8.62. The van der Waals surface area contributed by atoms with Gasteiger partial charge in [-0.05, 0) is 44.0 Å². The molecule has 7 heteroatoms. The lowest BCUT2D eigenvalue weighted by atomic mass is 10.1. The van der Waals surface area contributed by atoms with Gasteiger partial charge in [-0.15, -0.1) is 0 Å². The zero-order valence-corrected chi connectivity index (χ0v) is 18.2. The van der Waals surface area contributed by atoms with Crippen LogP contribution >= 0.6 is 11.8 Å². The average molecular weight is 424 g/mol. The molecule has 0 bridgehead atoms. The number of ether oxygens (including phenoxy) is 1. The molecule has 6 nitrogen and oxygen atoms in total. The van der Waals surface area contributed by atoms with Crippen LogP contribution in [0.3, 0.4) is 0 Å². The molecule has 2 heterocycles. The molecule has 2 aromatic carbocycles. The van der Waals surface area contributed by atoms with Crippen molar-refractivity contribution in [1.29, 1.82) is 0 Å². The Labute approximate surface area is 179 Å².